The fraction of sp³-hybridized carbons (Fsp3) is 0. The number of ether oxygens (including phenoxy) is 1. The second-order valence-electron chi connectivity index (χ2n) is 3.82. The van der Waals surface area contributed by atoms with Crippen LogP contribution < -0.4 is 4.74 Å². The topological polar surface area (TPSA) is 95.5 Å². The summed E-state index contributed by atoms with van der Waals surface area (Å²) in [5.41, 5.74) is -1.19. The molecule has 7 nitrogen and oxygen atoms in total. The first-order chi connectivity index (χ1) is 9.90. The number of nitro groups is 2. The van der Waals surface area contributed by atoms with Crippen LogP contribution in [0.1, 0.15) is 0 Å². The Morgan fingerprint density at radius 2 is 1.81 bits per heavy atom. The summed E-state index contributed by atoms with van der Waals surface area (Å²) in [5.74, 6) is -1.42. The van der Waals surface area contributed by atoms with Crippen molar-refractivity contribution in [3.63, 3.8) is 0 Å². The summed E-state index contributed by atoms with van der Waals surface area (Å²) in [6.07, 6.45) is 0. The van der Waals surface area contributed by atoms with E-state index in [-0.39, 0.29) is 16.5 Å². The van der Waals surface area contributed by atoms with Gasteiger partial charge in [-0.05, 0) is 18.2 Å². The number of hydrogen-bond donors (Lipinski definition) is 0. The van der Waals surface area contributed by atoms with Gasteiger partial charge in [-0.3, -0.25) is 20.2 Å². The summed E-state index contributed by atoms with van der Waals surface area (Å²) < 4.78 is 18.6. The number of para-hydroxylation sites is 1. The van der Waals surface area contributed by atoms with Crippen molar-refractivity contribution in [3.05, 3.63) is 67.5 Å². The first kappa shape index (κ1) is 14.7. The maximum atomic E-state index is 13.5. The number of halogens is 2. The second kappa shape index (κ2) is 5.71. The minimum atomic E-state index is -1.11. The molecule has 0 atom stereocenters. The Labute approximate surface area is 121 Å². The zero-order chi connectivity index (χ0) is 15.6. The third-order valence-corrected chi connectivity index (χ3v) is 2.78. The molecule has 0 aliphatic heterocycles. The van der Waals surface area contributed by atoms with Crippen molar-refractivity contribution in [2.75, 3.05) is 0 Å². The molecule has 2 rings (SSSR count). The Kier molecular flexibility index (Phi) is 3.99. The third-order valence-electron chi connectivity index (χ3n) is 2.48. The first-order valence-corrected chi connectivity index (χ1v) is 5.82. The van der Waals surface area contributed by atoms with Crippen LogP contribution >= 0.6 is 11.6 Å². The van der Waals surface area contributed by atoms with Gasteiger partial charge in [-0.2, -0.15) is 4.39 Å². The fourth-order valence-corrected chi connectivity index (χ4v) is 1.82. The highest BCUT2D eigenvalue weighted by Crippen LogP contribution is 2.37. The van der Waals surface area contributed by atoms with Gasteiger partial charge in [0.25, 0.3) is 0 Å². The van der Waals surface area contributed by atoms with Crippen molar-refractivity contribution in [2.45, 2.75) is 0 Å². The van der Waals surface area contributed by atoms with Crippen molar-refractivity contribution in [1.29, 1.82) is 0 Å². The maximum Gasteiger partial charge on any atom is 0.329 e. The van der Waals surface area contributed by atoms with Crippen LogP contribution in [0.4, 0.5) is 15.8 Å². The lowest BCUT2D eigenvalue weighted by atomic mass is 10.2. The Morgan fingerprint density at radius 1 is 1.10 bits per heavy atom. The molecular formula is C12H6ClFN2O5. The fourth-order valence-electron chi connectivity index (χ4n) is 1.58. The zero-order valence-electron chi connectivity index (χ0n) is 10.2. The lowest BCUT2D eigenvalue weighted by Gasteiger charge is -2.07. The molecule has 0 bridgehead atoms. The Bertz CT molecular complexity index is 738. The van der Waals surface area contributed by atoms with Gasteiger partial charge in [-0.1, -0.05) is 17.7 Å². The first-order valence-electron chi connectivity index (χ1n) is 5.45. The zero-order valence-corrected chi connectivity index (χ0v) is 10.9. The van der Waals surface area contributed by atoms with Gasteiger partial charge >= 0.3 is 11.4 Å². The number of nitro benzene ring substituents is 2. The van der Waals surface area contributed by atoms with Crippen molar-refractivity contribution >= 4 is 23.0 Å². The molecular weight excluding hydrogens is 307 g/mol. The van der Waals surface area contributed by atoms with E-state index >= 15 is 0 Å². The summed E-state index contributed by atoms with van der Waals surface area (Å²) in [6, 6.07) is 6.81. The van der Waals surface area contributed by atoms with Crippen LogP contribution in [-0.2, 0) is 0 Å². The molecule has 0 spiro atoms. The third kappa shape index (κ3) is 3.06. The molecule has 0 heterocycles. The van der Waals surface area contributed by atoms with Gasteiger partial charge in [-0.25, -0.2) is 0 Å². The van der Waals surface area contributed by atoms with Crippen LogP contribution in [0.25, 0.3) is 0 Å². The van der Waals surface area contributed by atoms with Crippen molar-refractivity contribution in [2.24, 2.45) is 0 Å². The van der Waals surface area contributed by atoms with E-state index in [4.69, 9.17) is 16.3 Å². The van der Waals surface area contributed by atoms with Gasteiger partial charge in [0.15, 0.2) is 0 Å². The number of nitrogens with zero attached hydrogens (tertiary/aromatic N) is 2. The largest absolute Gasteiger partial charge is 0.450 e. The molecule has 0 fully saturated rings. The number of hydrogen-bond acceptors (Lipinski definition) is 5. The summed E-state index contributed by atoms with van der Waals surface area (Å²) in [6.45, 7) is 0. The van der Waals surface area contributed by atoms with Crippen molar-refractivity contribution < 1.29 is 19.0 Å². The Hall–Kier alpha value is -2.74. The van der Waals surface area contributed by atoms with E-state index in [1.807, 2.05) is 0 Å². The smallest absolute Gasteiger partial charge is 0.329 e. The van der Waals surface area contributed by atoms with Crippen LogP contribution in [0.2, 0.25) is 5.02 Å². The van der Waals surface area contributed by atoms with Gasteiger partial charge in [0.05, 0.1) is 9.85 Å². The molecule has 0 aliphatic rings. The molecule has 0 N–H and O–H groups in total. The van der Waals surface area contributed by atoms with E-state index in [1.165, 1.54) is 18.2 Å². The van der Waals surface area contributed by atoms with E-state index in [1.54, 1.807) is 0 Å². The molecule has 9 heteroatoms. The summed E-state index contributed by atoms with van der Waals surface area (Å²) in [5, 5.41) is 21.3. The Balaban J connectivity index is 2.39. The predicted molar refractivity (Wildman–Crippen MR) is 71.2 cm³/mol. The van der Waals surface area contributed by atoms with Crippen LogP contribution in [0.15, 0.2) is 36.4 Å². The standard InChI is InChI=1S/C12H6ClFN2O5/c13-8-2-1-3-11(12(8)16(19)20)21-7-4-5-10(15(17)18)9(14)6-7/h1-6H. The van der Waals surface area contributed by atoms with Crippen LogP contribution in [-0.4, -0.2) is 9.85 Å². The highest BCUT2D eigenvalue weighted by Gasteiger charge is 2.21. The molecule has 0 aliphatic carbocycles. The lowest BCUT2D eigenvalue weighted by molar-refractivity contribution is -0.387. The minimum absolute atomic E-state index is 0.122. The van der Waals surface area contributed by atoms with E-state index < -0.39 is 27.0 Å². The van der Waals surface area contributed by atoms with E-state index in [0.29, 0.717) is 0 Å². The SMILES string of the molecule is O=[N+]([O-])c1ccc(Oc2cccc(Cl)c2[N+](=O)[O-])cc1F. The monoisotopic (exact) mass is 312 g/mol. The summed E-state index contributed by atoms with van der Waals surface area (Å²) in [4.78, 5) is 19.8. The maximum absolute atomic E-state index is 13.5. The molecule has 2 aromatic rings. The van der Waals surface area contributed by atoms with Crippen LogP contribution in [0.3, 0.4) is 0 Å². The van der Waals surface area contributed by atoms with Crippen LogP contribution in [0, 0.1) is 26.0 Å². The molecule has 0 amide bonds. The minimum Gasteiger partial charge on any atom is -0.450 e. The van der Waals surface area contributed by atoms with E-state index in [9.17, 15) is 24.6 Å². The number of rotatable bonds is 4. The van der Waals surface area contributed by atoms with Crippen LogP contribution in [0.5, 0.6) is 11.5 Å². The highest BCUT2D eigenvalue weighted by atomic mass is 35.5. The molecule has 0 radical (unpaired) electrons. The summed E-state index contributed by atoms with van der Waals surface area (Å²) >= 11 is 5.70. The quantitative estimate of drug-likeness (QED) is 0.626. The van der Waals surface area contributed by atoms with Gasteiger partial charge in [0.1, 0.15) is 10.8 Å². The normalized spacial score (nSPS) is 10.2. The van der Waals surface area contributed by atoms with Crippen molar-refractivity contribution in [1.82, 2.24) is 0 Å². The summed E-state index contributed by atoms with van der Waals surface area (Å²) in [7, 11) is 0. The van der Waals surface area contributed by atoms with E-state index in [0.717, 1.165) is 18.2 Å². The van der Waals surface area contributed by atoms with Gasteiger partial charge in [-0.15, -0.1) is 0 Å². The molecule has 2 aromatic carbocycles. The second-order valence-corrected chi connectivity index (χ2v) is 4.22. The molecule has 0 saturated carbocycles. The Morgan fingerprint density at radius 3 is 2.38 bits per heavy atom. The van der Waals surface area contributed by atoms with Gasteiger partial charge in [0.2, 0.25) is 11.6 Å². The molecule has 0 unspecified atom stereocenters. The van der Waals surface area contributed by atoms with Gasteiger partial charge < -0.3 is 4.74 Å². The molecule has 21 heavy (non-hydrogen) atoms. The van der Waals surface area contributed by atoms with Crippen molar-refractivity contribution in [3.8, 4) is 11.5 Å². The lowest BCUT2D eigenvalue weighted by Crippen LogP contribution is -1.96. The van der Waals surface area contributed by atoms with E-state index in [2.05, 4.69) is 0 Å². The molecule has 0 saturated heterocycles. The van der Waals surface area contributed by atoms with Gasteiger partial charge in [0, 0.05) is 12.1 Å². The highest BCUT2D eigenvalue weighted by molar-refractivity contribution is 6.32. The number of benzene rings is 2. The average molecular weight is 313 g/mol. The molecule has 108 valence electrons. The molecule has 0 aromatic heterocycles. The average Bonchev–Trinajstić information content (AvgIpc) is 2.37. The predicted octanol–water partition coefficient (Wildman–Crippen LogP) is 4.09.